The number of carbonyl (C=O) groups is 2. The summed E-state index contributed by atoms with van der Waals surface area (Å²) >= 11 is 6.01. The van der Waals surface area contributed by atoms with Crippen molar-refractivity contribution < 1.29 is 18.0 Å². The van der Waals surface area contributed by atoms with Gasteiger partial charge in [-0.3, -0.25) is 13.9 Å². The molecule has 40 heavy (non-hydrogen) atoms. The van der Waals surface area contributed by atoms with Crippen molar-refractivity contribution in [2.75, 3.05) is 10.8 Å². The van der Waals surface area contributed by atoms with Crippen LogP contribution in [0.1, 0.15) is 50.8 Å². The Balaban J connectivity index is 2.07. The molecule has 3 aromatic carbocycles. The molecule has 0 bridgehead atoms. The SMILES string of the molecule is CC[C@H](C(=O)NC(C)(C)C)N(Cc1cccc(C)c1)C(=O)CN(c1ccc(C)cc1)S(=O)(=O)c1ccc(Cl)cc1. The van der Waals surface area contributed by atoms with Gasteiger partial charge in [-0.05, 0) is 83.0 Å². The molecule has 0 radical (unpaired) electrons. The highest BCUT2D eigenvalue weighted by molar-refractivity contribution is 7.92. The van der Waals surface area contributed by atoms with Crippen LogP contribution in [0.15, 0.2) is 77.7 Å². The minimum absolute atomic E-state index is 0.00743. The molecule has 0 spiro atoms. The minimum Gasteiger partial charge on any atom is -0.350 e. The molecule has 3 rings (SSSR count). The third-order valence-electron chi connectivity index (χ3n) is 6.32. The lowest BCUT2D eigenvalue weighted by molar-refractivity contribution is -0.141. The summed E-state index contributed by atoms with van der Waals surface area (Å²) in [6.07, 6.45) is 0.355. The second kappa shape index (κ2) is 12.9. The molecule has 0 saturated heterocycles. The molecule has 214 valence electrons. The number of rotatable bonds is 10. The molecule has 0 aromatic heterocycles. The second-order valence-corrected chi connectivity index (χ2v) is 13.3. The number of aryl methyl sites for hydroxylation is 2. The van der Waals surface area contributed by atoms with Gasteiger partial charge < -0.3 is 10.2 Å². The maximum Gasteiger partial charge on any atom is 0.264 e. The molecule has 0 aliphatic heterocycles. The van der Waals surface area contributed by atoms with Crippen LogP contribution in [0.3, 0.4) is 0 Å². The van der Waals surface area contributed by atoms with E-state index in [0.717, 1.165) is 21.0 Å². The van der Waals surface area contributed by atoms with Crippen molar-refractivity contribution in [1.82, 2.24) is 10.2 Å². The fourth-order valence-corrected chi connectivity index (χ4v) is 5.89. The number of nitrogens with zero attached hydrogens (tertiary/aromatic N) is 2. The van der Waals surface area contributed by atoms with Crippen molar-refractivity contribution in [2.45, 2.75) is 71.0 Å². The molecule has 0 saturated carbocycles. The topological polar surface area (TPSA) is 86.8 Å². The number of nitrogens with one attached hydrogen (secondary N) is 1. The lowest BCUT2D eigenvalue weighted by Crippen LogP contribution is -2.55. The van der Waals surface area contributed by atoms with Crippen LogP contribution in [0.5, 0.6) is 0 Å². The molecule has 9 heteroatoms. The summed E-state index contributed by atoms with van der Waals surface area (Å²) in [6.45, 7) is 11.0. The first-order valence-corrected chi connectivity index (χ1v) is 15.0. The van der Waals surface area contributed by atoms with E-state index in [0.29, 0.717) is 17.1 Å². The minimum atomic E-state index is -4.15. The van der Waals surface area contributed by atoms with Crippen molar-refractivity contribution in [3.63, 3.8) is 0 Å². The van der Waals surface area contributed by atoms with Crippen LogP contribution in [0.2, 0.25) is 5.02 Å². The Kier molecular flexibility index (Phi) is 10.0. The largest absolute Gasteiger partial charge is 0.350 e. The number of sulfonamides is 1. The van der Waals surface area contributed by atoms with Crippen LogP contribution >= 0.6 is 11.6 Å². The number of hydrogen-bond acceptors (Lipinski definition) is 4. The first kappa shape index (κ1) is 31.2. The van der Waals surface area contributed by atoms with Crippen LogP contribution in [0, 0.1) is 13.8 Å². The summed E-state index contributed by atoms with van der Waals surface area (Å²) in [6, 6.07) is 19.7. The van der Waals surface area contributed by atoms with Crippen molar-refractivity contribution >= 4 is 39.1 Å². The normalized spacial score (nSPS) is 12.5. The summed E-state index contributed by atoms with van der Waals surface area (Å²) in [4.78, 5) is 29.0. The predicted octanol–water partition coefficient (Wildman–Crippen LogP) is 5.87. The van der Waals surface area contributed by atoms with E-state index in [4.69, 9.17) is 11.6 Å². The smallest absolute Gasteiger partial charge is 0.264 e. The Morgan fingerprint density at radius 1 is 0.925 bits per heavy atom. The van der Waals surface area contributed by atoms with E-state index in [1.165, 1.54) is 29.2 Å². The Hall–Kier alpha value is -3.36. The number of halogens is 1. The van der Waals surface area contributed by atoms with Crippen LogP contribution in [-0.2, 0) is 26.2 Å². The van der Waals surface area contributed by atoms with Crippen LogP contribution in [-0.4, -0.2) is 43.3 Å². The number of amides is 2. The van der Waals surface area contributed by atoms with Gasteiger partial charge >= 0.3 is 0 Å². The summed E-state index contributed by atoms with van der Waals surface area (Å²) < 4.78 is 28.9. The first-order valence-electron chi connectivity index (χ1n) is 13.2. The Bertz CT molecular complexity index is 1430. The van der Waals surface area contributed by atoms with Gasteiger partial charge in [0, 0.05) is 17.1 Å². The van der Waals surface area contributed by atoms with Gasteiger partial charge in [0.25, 0.3) is 10.0 Å². The lowest BCUT2D eigenvalue weighted by atomic mass is 10.0. The fraction of sp³-hybridized carbons (Fsp3) is 0.355. The Labute approximate surface area is 243 Å². The van der Waals surface area contributed by atoms with E-state index >= 15 is 0 Å². The van der Waals surface area contributed by atoms with Crippen molar-refractivity contribution in [3.8, 4) is 0 Å². The van der Waals surface area contributed by atoms with E-state index < -0.39 is 34.1 Å². The highest BCUT2D eigenvalue weighted by Gasteiger charge is 2.34. The zero-order chi connectivity index (χ0) is 29.7. The van der Waals surface area contributed by atoms with E-state index in [9.17, 15) is 18.0 Å². The summed E-state index contributed by atoms with van der Waals surface area (Å²) in [5.41, 5.74) is 2.65. The zero-order valence-corrected chi connectivity index (χ0v) is 25.5. The van der Waals surface area contributed by atoms with Gasteiger partial charge in [0.2, 0.25) is 11.8 Å². The molecule has 7 nitrogen and oxygen atoms in total. The second-order valence-electron chi connectivity index (χ2n) is 11.0. The molecule has 1 atom stereocenters. The van der Waals surface area contributed by atoms with Gasteiger partial charge in [-0.25, -0.2) is 8.42 Å². The van der Waals surface area contributed by atoms with Gasteiger partial charge in [-0.15, -0.1) is 0 Å². The molecule has 0 aliphatic rings. The van der Waals surface area contributed by atoms with Crippen LogP contribution < -0.4 is 9.62 Å². The molecule has 1 N–H and O–H groups in total. The number of anilines is 1. The van der Waals surface area contributed by atoms with Crippen LogP contribution in [0.4, 0.5) is 5.69 Å². The monoisotopic (exact) mass is 583 g/mol. The lowest BCUT2D eigenvalue weighted by Gasteiger charge is -2.35. The summed E-state index contributed by atoms with van der Waals surface area (Å²) in [7, 11) is -4.15. The van der Waals surface area contributed by atoms with Crippen molar-refractivity contribution in [2.24, 2.45) is 0 Å². The average molecular weight is 584 g/mol. The molecule has 0 heterocycles. The molecule has 0 aliphatic carbocycles. The maximum absolute atomic E-state index is 14.1. The van der Waals surface area contributed by atoms with E-state index in [2.05, 4.69) is 5.32 Å². The highest BCUT2D eigenvalue weighted by Crippen LogP contribution is 2.26. The van der Waals surface area contributed by atoms with Crippen molar-refractivity contribution in [1.29, 1.82) is 0 Å². The number of benzene rings is 3. The Morgan fingerprint density at radius 2 is 1.55 bits per heavy atom. The predicted molar refractivity (Wildman–Crippen MR) is 161 cm³/mol. The Morgan fingerprint density at radius 3 is 2.10 bits per heavy atom. The van der Waals surface area contributed by atoms with Gasteiger partial charge in [-0.1, -0.05) is 66.0 Å². The number of carbonyl (C=O) groups excluding carboxylic acids is 2. The van der Waals surface area contributed by atoms with E-state index in [1.807, 2.05) is 65.8 Å². The van der Waals surface area contributed by atoms with Gasteiger partial charge in [0.15, 0.2) is 0 Å². The van der Waals surface area contributed by atoms with Gasteiger partial charge in [0.1, 0.15) is 12.6 Å². The van der Waals surface area contributed by atoms with Crippen molar-refractivity contribution in [3.05, 3.63) is 94.5 Å². The van der Waals surface area contributed by atoms with E-state index in [1.54, 1.807) is 24.3 Å². The molecular formula is C31H38ClN3O4S. The maximum atomic E-state index is 14.1. The van der Waals surface area contributed by atoms with E-state index in [-0.39, 0.29) is 17.3 Å². The molecule has 0 unspecified atom stereocenters. The molecule has 2 amide bonds. The van der Waals surface area contributed by atoms with Gasteiger partial charge in [-0.2, -0.15) is 0 Å². The fourth-order valence-electron chi connectivity index (χ4n) is 4.35. The van der Waals surface area contributed by atoms with Gasteiger partial charge in [0.05, 0.1) is 10.6 Å². The third-order valence-corrected chi connectivity index (χ3v) is 8.36. The number of hydrogen-bond donors (Lipinski definition) is 1. The average Bonchev–Trinajstić information content (AvgIpc) is 2.87. The third kappa shape index (κ3) is 8.08. The molecule has 3 aromatic rings. The summed E-state index contributed by atoms with van der Waals surface area (Å²) in [5.74, 6) is -0.783. The quantitative estimate of drug-likeness (QED) is 0.323. The van der Waals surface area contributed by atoms with Crippen LogP contribution in [0.25, 0.3) is 0 Å². The standard InChI is InChI=1S/C31H38ClN3O4S/c1-7-28(30(37)33-31(4,5)6)34(20-24-10-8-9-23(3)19-24)29(36)21-35(26-15-11-22(2)12-16-26)40(38,39)27-17-13-25(32)14-18-27/h8-19,28H,7,20-21H2,1-6H3,(H,33,37)/t28-/m1/s1. The zero-order valence-electron chi connectivity index (χ0n) is 23.9. The first-order chi connectivity index (χ1) is 18.7. The molecular weight excluding hydrogens is 546 g/mol. The highest BCUT2D eigenvalue weighted by atomic mass is 35.5. The summed E-state index contributed by atoms with van der Waals surface area (Å²) in [5, 5.41) is 3.38. The molecule has 0 fully saturated rings.